The second-order valence-corrected chi connectivity index (χ2v) is 5.79. The molecule has 1 aliphatic heterocycles. The van der Waals surface area contributed by atoms with Gasteiger partial charge in [-0.05, 0) is 23.8 Å². The van der Waals surface area contributed by atoms with E-state index in [4.69, 9.17) is 16.3 Å². The van der Waals surface area contributed by atoms with Gasteiger partial charge in [0.15, 0.2) is 0 Å². The molecule has 3 rings (SSSR count). The third kappa shape index (κ3) is 4.16. The molecule has 23 heavy (non-hydrogen) atoms. The number of nitrogens with zero attached hydrogens (tertiary/aromatic N) is 2. The van der Waals surface area contributed by atoms with Crippen molar-refractivity contribution >= 4 is 17.5 Å². The van der Waals surface area contributed by atoms with Crippen LogP contribution in [0.4, 0.5) is 10.3 Å². The maximum absolute atomic E-state index is 13.8. The molecule has 1 aromatic carbocycles. The molecule has 0 bridgehead atoms. The number of rotatable bonds is 4. The van der Waals surface area contributed by atoms with E-state index in [9.17, 15) is 4.39 Å². The molecule has 0 saturated carbocycles. The zero-order valence-corrected chi connectivity index (χ0v) is 13.3. The highest BCUT2D eigenvalue weighted by atomic mass is 35.5. The van der Waals surface area contributed by atoms with E-state index in [1.807, 2.05) is 6.07 Å². The van der Waals surface area contributed by atoms with Crippen molar-refractivity contribution < 1.29 is 9.13 Å². The van der Waals surface area contributed by atoms with Crippen LogP contribution in [0.25, 0.3) is 0 Å². The van der Waals surface area contributed by atoms with Gasteiger partial charge >= 0.3 is 0 Å². The molecule has 7 heteroatoms. The minimum Gasteiger partial charge on any atom is -0.372 e. The van der Waals surface area contributed by atoms with Crippen LogP contribution in [0.5, 0.6) is 0 Å². The summed E-state index contributed by atoms with van der Waals surface area (Å²) in [6.07, 6.45) is 3.15. The van der Waals surface area contributed by atoms with Crippen molar-refractivity contribution in [2.75, 3.05) is 31.6 Å². The maximum atomic E-state index is 13.8. The smallest absolute Gasteiger partial charge is 0.222 e. The summed E-state index contributed by atoms with van der Waals surface area (Å²) in [6, 6.07) is 6.59. The van der Waals surface area contributed by atoms with Crippen molar-refractivity contribution in [3.05, 3.63) is 53.1 Å². The molecule has 1 aromatic heterocycles. The lowest BCUT2D eigenvalue weighted by molar-refractivity contribution is 0.0341. The van der Waals surface area contributed by atoms with Crippen LogP contribution >= 0.6 is 11.6 Å². The summed E-state index contributed by atoms with van der Waals surface area (Å²) >= 11 is 5.77. The first-order chi connectivity index (χ1) is 11.2. The largest absolute Gasteiger partial charge is 0.372 e. The standard InChI is InChI=1S/C16H18ClFN4O/c17-13-3-2-11(8-14(13)18)15-12(9-19-6-7-23-15)10-22-16-20-4-1-5-21-16/h1-5,8,12,15,19H,6-7,9-10H2,(H,20,21,22)/t12-,15-/m0/s1. The van der Waals surface area contributed by atoms with E-state index in [0.717, 1.165) is 18.7 Å². The molecular weight excluding hydrogens is 319 g/mol. The number of ether oxygens (including phenoxy) is 1. The summed E-state index contributed by atoms with van der Waals surface area (Å²) in [5.41, 5.74) is 0.788. The zero-order chi connectivity index (χ0) is 16.1. The van der Waals surface area contributed by atoms with Crippen molar-refractivity contribution in [3.63, 3.8) is 0 Å². The van der Waals surface area contributed by atoms with Crippen LogP contribution in [-0.2, 0) is 4.74 Å². The van der Waals surface area contributed by atoms with E-state index in [1.165, 1.54) is 6.07 Å². The van der Waals surface area contributed by atoms with Gasteiger partial charge in [0, 0.05) is 37.9 Å². The Kier molecular flexibility index (Phi) is 5.38. The Labute approximate surface area is 139 Å². The topological polar surface area (TPSA) is 59.1 Å². The van der Waals surface area contributed by atoms with Crippen LogP contribution in [0.3, 0.4) is 0 Å². The fourth-order valence-corrected chi connectivity index (χ4v) is 2.76. The zero-order valence-electron chi connectivity index (χ0n) is 12.5. The molecule has 1 saturated heterocycles. The van der Waals surface area contributed by atoms with Crippen LogP contribution in [-0.4, -0.2) is 36.2 Å². The van der Waals surface area contributed by atoms with Crippen molar-refractivity contribution in [1.29, 1.82) is 0 Å². The molecule has 0 amide bonds. The number of nitrogens with one attached hydrogen (secondary N) is 2. The Balaban J connectivity index is 1.75. The third-order valence-electron chi connectivity index (χ3n) is 3.77. The van der Waals surface area contributed by atoms with Gasteiger partial charge in [0.25, 0.3) is 0 Å². The van der Waals surface area contributed by atoms with Crippen molar-refractivity contribution in [3.8, 4) is 0 Å². The molecule has 5 nitrogen and oxygen atoms in total. The summed E-state index contributed by atoms with van der Waals surface area (Å²) in [5, 5.41) is 6.66. The molecule has 2 atom stereocenters. The van der Waals surface area contributed by atoms with E-state index in [2.05, 4.69) is 20.6 Å². The molecule has 1 fully saturated rings. The molecular formula is C16H18ClFN4O. The number of hydrogen-bond donors (Lipinski definition) is 2. The van der Waals surface area contributed by atoms with Gasteiger partial charge in [-0.25, -0.2) is 14.4 Å². The normalized spacial score (nSPS) is 21.7. The lowest BCUT2D eigenvalue weighted by Gasteiger charge is -2.25. The lowest BCUT2D eigenvalue weighted by Crippen LogP contribution is -2.30. The van der Waals surface area contributed by atoms with Crippen LogP contribution in [0.1, 0.15) is 11.7 Å². The van der Waals surface area contributed by atoms with Gasteiger partial charge in [0.2, 0.25) is 5.95 Å². The molecule has 0 aliphatic carbocycles. The van der Waals surface area contributed by atoms with Gasteiger partial charge in [0.1, 0.15) is 5.82 Å². The predicted octanol–water partition coefficient (Wildman–Crippen LogP) is 2.66. The summed E-state index contributed by atoms with van der Waals surface area (Å²) in [6.45, 7) is 2.72. The van der Waals surface area contributed by atoms with E-state index < -0.39 is 5.82 Å². The number of halogens is 2. The number of anilines is 1. The van der Waals surface area contributed by atoms with Gasteiger partial charge in [-0.3, -0.25) is 0 Å². The summed E-state index contributed by atoms with van der Waals surface area (Å²) in [5.74, 6) is 0.253. The highest BCUT2D eigenvalue weighted by molar-refractivity contribution is 6.30. The van der Waals surface area contributed by atoms with Gasteiger partial charge < -0.3 is 15.4 Å². The first-order valence-corrected chi connectivity index (χ1v) is 7.90. The minimum absolute atomic E-state index is 0.113. The van der Waals surface area contributed by atoms with Crippen LogP contribution < -0.4 is 10.6 Å². The van der Waals surface area contributed by atoms with Crippen molar-refractivity contribution in [2.45, 2.75) is 6.10 Å². The van der Waals surface area contributed by atoms with Crippen molar-refractivity contribution in [2.24, 2.45) is 5.92 Å². The highest BCUT2D eigenvalue weighted by Crippen LogP contribution is 2.29. The van der Waals surface area contributed by atoms with Crippen LogP contribution in [0, 0.1) is 11.7 Å². The summed E-state index contributed by atoms with van der Waals surface area (Å²) in [7, 11) is 0. The van der Waals surface area contributed by atoms with Gasteiger partial charge in [-0.15, -0.1) is 0 Å². The van der Waals surface area contributed by atoms with Crippen LogP contribution in [0.15, 0.2) is 36.7 Å². The Morgan fingerprint density at radius 1 is 1.35 bits per heavy atom. The molecule has 0 unspecified atom stereocenters. The van der Waals surface area contributed by atoms with E-state index in [1.54, 1.807) is 24.5 Å². The second-order valence-electron chi connectivity index (χ2n) is 5.38. The number of aromatic nitrogens is 2. The first kappa shape index (κ1) is 16.1. The molecule has 2 N–H and O–H groups in total. The van der Waals surface area contributed by atoms with Crippen LogP contribution in [0.2, 0.25) is 5.02 Å². The van der Waals surface area contributed by atoms with Gasteiger partial charge in [-0.2, -0.15) is 0 Å². The van der Waals surface area contributed by atoms with Gasteiger partial charge in [0.05, 0.1) is 17.7 Å². The molecule has 1 aliphatic rings. The first-order valence-electron chi connectivity index (χ1n) is 7.52. The highest BCUT2D eigenvalue weighted by Gasteiger charge is 2.26. The Morgan fingerprint density at radius 3 is 2.96 bits per heavy atom. The second kappa shape index (κ2) is 7.68. The summed E-state index contributed by atoms with van der Waals surface area (Å²) in [4.78, 5) is 8.30. The number of benzene rings is 1. The van der Waals surface area contributed by atoms with Gasteiger partial charge in [-0.1, -0.05) is 17.7 Å². The van der Waals surface area contributed by atoms with E-state index in [0.29, 0.717) is 19.1 Å². The molecule has 2 aromatic rings. The molecule has 0 radical (unpaired) electrons. The molecule has 2 heterocycles. The molecule has 122 valence electrons. The number of hydrogen-bond acceptors (Lipinski definition) is 5. The maximum Gasteiger partial charge on any atom is 0.222 e. The molecule has 0 spiro atoms. The van der Waals surface area contributed by atoms with E-state index in [-0.39, 0.29) is 17.0 Å². The Bertz CT molecular complexity index is 643. The Morgan fingerprint density at radius 2 is 2.17 bits per heavy atom. The monoisotopic (exact) mass is 336 g/mol. The third-order valence-corrected chi connectivity index (χ3v) is 4.08. The summed E-state index contributed by atoms with van der Waals surface area (Å²) < 4.78 is 19.7. The average molecular weight is 337 g/mol. The van der Waals surface area contributed by atoms with E-state index >= 15 is 0 Å². The quantitative estimate of drug-likeness (QED) is 0.899. The fraction of sp³-hybridized carbons (Fsp3) is 0.375. The predicted molar refractivity (Wildman–Crippen MR) is 87.0 cm³/mol. The average Bonchev–Trinajstić information content (AvgIpc) is 2.82. The Hall–Kier alpha value is -1.76. The fourth-order valence-electron chi connectivity index (χ4n) is 2.64. The van der Waals surface area contributed by atoms with Crippen molar-refractivity contribution in [1.82, 2.24) is 15.3 Å². The minimum atomic E-state index is -0.428. The lowest BCUT2D eigenvalue weighted by atomic mass is 9.95. The SMILES string of the molecule is Fc1cc([C@@H]2OCCNC[C@H]2CNc2ncccn2)ccc1Cl.